The molecule has 0 unspecified atom stereocenters. The fourth-order valence-corrected chi connectivity index (χ4v) is 1.87. The number of anilines is 1. The fraction of sp³-hybridized carbons (Fsp3) is 0.462. The topological polar surface area (TPSA) is 32.3 Å². The van der Waals surface area contributed by atoms with Crippen LogP contribution in [0.3, 0.4) is 0 Å². The van der Waals surface area contributed by atoms with Crippen LogP contribution >= 0.6 is 0 Å². The molecule has 0 aromatic heterocycles. The minimum atomic E-state index is -0.732. The molecule has 0 bridgehead atoms. The average molecular weight is 254 g/mol. The average Bonchev–Trinajstić information content (AvgIpc) is 3.15. The first-order chi connectivity index (χ1) is 8.54. The molecule has 1 amide bonds. The molecule has 18 heavy (non-hydrogen) atoms. The smallest absolute Gasteiger partial charge is 0.254 e. The molecule has 0 spiro atoms. The van der Waals surface area contributed by atoms with E-state index in [1.807, 2.05) is 0 Å². The van der Waals surface area contributed by atoms with Crippen molar-refractivity contribution in [3.8, 4) is 0 Å². The zero-order chi connectivity index (χ0) is 13.3. The first-order valence-corrected chi connectivity index (χ1v) is 6.04. The third-order valence-corrected chi connectivity index (χ3v) is 3.06. The largest absolute Gasteiger partial charge is 0.381 e. The number of hydrogen-bond acceptors (Lipinski definition) is 2. The Hall–Kier alpha value is -1.65. The van der Waals surface area contributed by atoms with Crippen molar-refractivity contribution in [1.82, 2.24) is 4.90 Å². The van der Waals surface area contributed by atoms with Crippen LogP contribution in [-0.2, 0) is 0 Å². The maximum atomic E-state index is 13.7. The molecular weight excluding hydrogens is 238 g/mol. The Kier molecular flexibility index (Phi) is 3.50. The molecule has 1 aliphatic carbocycles. The summed E-state index contributed by atoms with van der Waals surface area (Å²) >= 11 is 0. The van der Waals surface area contributed by atoms with E-state index in [2.05, 4.69) is 5.32 Å². The summed E-state index contributed by atoms with van der Waals surface area (Å²) < 4.78 is 27.3. The number of rotatable bonds is 4. The molecule has 1 aliphatic rings. The van der Waals surface area contributed by atoms with Crippen molar-refractivity contribution in [2.45, 2.75) is 25.8 Å². The first kappa shape index (κ1) is 12.8. The van der Waals surface area contributed by atoms with Gasteiger partial charge in [-0.25, -0.2) is 8.78 Å². The number of hydrogen-bond donors (Lipinski definition) is 1. The van der Waals surface area contributed by atoms with Gasteiger partial charge in [0, 0.05) is 25.2 Å². The number of nitrogens with one attached hydrogen (secondary N) is 1. The van der Waals surface area contributed by atoms with E-state index in [1.54, 1.807) is 18.9 Å². The van der Waals surface area contributed by atoms with Crippen LogP contribution < -0.4 is 5.32 Å². The Labute approximate surface area is 105 Å². The number of carbonyl (C=O) groups is 1. The lowest BCUT2D eigenvalue weighted by Crippen LogP contribution is -2.29. The summed E-state index contributed by atoms with van der Waals surface area (Å²) in [5.74, 6) is -1.80. The molecule has 98 valence electrons. The van der Waals surface area contributed by atoms with Crippen molar-refractivity contribution in [3.63, 3.8) is 0 Å². The highest BCUT2D eigenvalue weighted by Crippen LogP contribution is 2.28. The summed E-state index contributed by atoms with van der Waals surface area (Å²) in [5.41, 5.74) is -0.121. The molecular formula is C13H16F2N2O. The standard InChI is InChI=1S/C13H16F2N2O/c1-3-16-12-10(14)6-8(7-11(12)15)13(18)17(2)9-4-5-9/h6-7,9,16H,3-5H2,1-2H3. The molecule has 1 aromatic carbocycles. The lowest BCUT2D eigenvalue weighted by atomic mass is 10.1. The van der Waals surface area contributed by atoms with Gasteiger partial charge < -0.3 is 10.2 Å². The van der Waals surface area contributed by atoms with Gasteiger partial charge in [0.15, 0.2) is 0 Å². The summed E-state index contributed by atoms with van der Waals surface area (Å²) in [6, 6.07) is 2.39. The van der Waals surface area contributed by atoms with Gasteiger partial charge in [0.2, 0.25) is 0 Å². The van der Waals surface area contributed by atoms with Gasteiger partial charge in [-0.05, 0) is 31.9 Å². The summed E-state index contributed by atoms with van der Waals surface area (Å²) in [4.78, 5) is 13.5. The monoisotopic (exact) mass is 254 g/mol. The predicted molar refractivity (Wildman–Crippen MR) is 65.6 cm³/mol. The van der Waals surface area contributed by atoms with Crippen LogP contribution in [-0.4, -0.2) is 30.4 Å². The Morgan fingerprint density at radius 3 is 2.39 bits per heavy atom. The quantitative estimate of drug-likeness (QED) is 0.895. The van der Waals surface area contributed by atoms with Gasteiger partial charge in [-0.3, -0.25) is 4.79 Å². The normalized spacial score (nSPS) is 14.4. The van der Waals surface area contributed by atoms with Crippen LogP contribution in [0, 0.1) is 11.6 Å². The van der Waals surface area contributed by atoms with Gasteiger partial charge >= 0.3 is 0 Å². The zero-order valence-electron chi connectivity index (χ0n) is 10.5. The van der Waals surface area contributed by atoms with Crippen molar-refractivity contribution < 1.29 is 13.6 Å². The lowest BCUT2D eigenvalue weighted by Gasteiger charge is -2.17. The Bertz CT molecular complexity index is 449. The van der Waals surface area contributed by atoms with E-state index in [9.17, 15) is 13.6 Å². The van der Waals surface area contributed by atoms with E-state index >= 15 is 0 Å². The highest BCUT2D eigenvalue weighted by atomic mass is 19.1. The van der Waals surface area contributed by atoms with Gasteiger partial charge in [-0.15, -0.1) is 0 Å². The summed E-state index contributed by atoms with van der Waals surface area (Å²) in [6.45, 7) is 2.17. The van der Waals surface area contributed by atoms with Crippen LogP contribution in [0.25, 0.3) is 0 Å². The lowest BCUT2D eigenvalue weighted by molar-refractivity contribution is 0.0784. The first-order valence-electron chi connectivity index (χ1n) is 6.04. The molecule has 0 atom stereocenters. The van der Waals surface area contributed by atoms with Crippen LogP contribution in [0.1, 0.15) is 30.1 Å². The van der Waals surface area contributed by atoms with Crippen LogP contribution in [0.2, 0.25) is 0 Å². The molecule has 1 aromatic rings. The Balaban J connectivity index is 2.26. The molecule has 1 saturated carbocycles. The SMILES string of the molecule is CCNc1c(F)cc(C(=O)N(C)C2CC2)cc1F. The van der Waals surface area contributed by atoms with Crippen LogP contribution in [0.15, 0.2) is 12.1 Å². The van der Waals surface area contributed by atoms with Gasteiger partial charge in [0.25, 0.3) is 5.91 Å². The molecule has 0 saturated heterocycles. The zero-order valence-corrected chi connectivity index (χ0v) is 10.5. The highest BCUT2D eigenvalue weighted by molar-refractivity contribution is 5.94. The van der Waals surface area contributed by atoms with Crippen molar-refractivity contribution >= 4 is 11.6 Å². The van der Waals surface area contributed by atoms with Crippen molar-refractivity contribution in [2.24, 2.45) is 0 Å². The van der Waals surface area contributed by atoms with Gasteiger partial charge in [-0.2, -0.15) is 0 Å². The van der Waals surface area contributed by atoms with Gasteiger partial charge in [0.05, 0.1) is 0 Å². The number of benzene rings is 1. The van der Waals surface area contributed by atoms with E-state index in [0.717, 1.165) is 25.0 Å². The number of nitrogens with zero attached hydrogens (tertiary/aromatic N) is 1. The maximum absolute atomic E-state index is 13.7. The van der Waals surface area contributed by atoms with Crippen molar-refractivity contribution in [3.05, 3.63) is 29.3 Å². The third-order valence-electron chi connectivity index (χ3n) is 3.06. The highest BCUT2D eigenvalue weighted by Gasteiger charge is 2.30. The minimum absolute atomic E-state index is 0.0565. The Morgan fingerprint density at radius 1 is 1.39 bits per heavy atom. The van der Waals surface area contributed by atoms with E-state index < -0.39 is 11.6 Å². The van der Waals surface area contributed by atoms with Crippen LogP contribution in [0.4, 0.5) is 14.5 Å². The summed E-state index contributed by atoms with van der Waals surface area (Å²) in [6.07, 6.45) is 1.92. The van der Waals surface area contributed by atoms with Gasteiger partial charge in [0.1, 0.15) is 17.3 Å². The van der Waals surface area contributed by atoms with Gasteiger partial charge in [-0.1, -0.05) is 0 Å². The second kappa shape index (κ2) is 4.92. The van der Waals surface area contributed by atoms with Crippen molar-refractivity contribution in [2.75, 3.05) is 18.9 Å². The maximum Gasteiger partial charge on any atom is 0.254 e. The van der Waals surface area contributed by atoms with E-state index in [0.29, 0.717) is 6.54 Å². The van der Waals surface area contributed by atoms with Crippen molar-refractivity contribution in [1.29, 1.82) is 0 Å². The number of carbonyl (C=O) groups excluding carboxylic acids is 1. The second-order valence-corrected chi connectivity index (χ2v) is 4.49. The molecule has 2 rings (SSSR count). The molecule has 0 aliphatic heterocycles. The van der Waals surface area contributed by atoms with E-state index in [1.165, 1.54) is 0 Å². The fourth-order valence-electron chi connectivity index (χ4n) is 1.87. The van der Waals surface area contributed by atoms with E-state index in [-0.39, 0.29) is 23.2 Å². The summed E-state index contributed by atoms with van der Waals surface area (Å²) in [5, 5.41) is 2.60. The molecule has 1 N–H and O–H groups in total. The molecule has 1 fully saturated rings. The molecule has 5 heteroatoms. The van der Waals surface area contributed by atoms with Crippen LogP contribution in [0.5, 0.6) is 0 Å². The number of amides is 1. The Morgan fingerprint density at radius 2 is 1.94 bits per heavy atom. The minimum Gasteiger partial charge on any atom is -0.381 e. The predicted octanol–water partition coefficient (Wildman–Crippen LogP) is 2.63. The molecule has 0 heterocycles. The number of halogens is 2. The molecule has 0 radical (unpaired) electrons. The molecule has 3 nitrogen and oxygen atoms in total. The second-order valence-electron chi connectivity index (χ2n) is 4.49. The van der Waals surface area contributed by atoms with E-state index in [4.69, 9.17) is 0 Å². The third kappa shape index (κ3) is 2.44. The summed E-state index contributed by atoms with van der Waals surface area (Å²) in [7, 11) is 1.66.